The van der Waals surface area contributed by atoms with Crippen LogP contribution in [0.4, 0.5) is 0 Å². The molecule has 0 radical (unpaired) electrons. The maximum absolute atomic E-state index is 5.72. The second kappa shape index (κ2) is 5.30. The molecule has 1 unspecified atom stereocenters. The van der Waals surface area contributed by atoms with Gasteiger partial charge in [0.15, 0.2) is 0 Å². The number of nitrogens with two attached hydrogens (primary N) is 1. The summed E-state index contributed by atoms with van der Waals surface area (Å²) in [6.45, 7) is 8.48. The number of nitrogens with one attached hydrogen (secondary N) is 1. The van der Waals surface area contributed by atoms with Gasteiger partial charge < -0.3 is 4.90 Å². The number of hydrazine groups is 1. The molecule has 3 heteroatoms. The summed E-state index contributed by atoms with van der Waals surface area (Å²) < 4.78 is 0. The van der Waals surface area contributed by atoms with Crippen molar-refractivity contribution < 1.29 is 0 Å². The zero-order valence-corrected chi connectivity index (χ0v) is 11.2. The summed E-state index contributed by atoms with van der Waals surface area (Å²) in [6, 6.07) is 0.190. The monoisotopic (exact) mass is 225 g/mol. The highest BCUT2D eigenvalue weighted by atomic mass is 15.3. The van der Waals surface area contributed by atoms with E-state index in [9.17, 15) is 0 Å². The summed E-state index contributed by atoms with van der Waals surface area (Å²) in [5.41, 5.74) is 4.24. The lowest BCUT2D eigenvalue weighted by molar-refractivity contribution is 0.0555. The van der Waals surface area contributed by atoms with E-state index < -0.39 is 0 Å². The van der Waals surface area contributed by atoms with Gasteiger partial charge in [0.25, 0.3) is 0 Å². The van der Waals surface area contributed by atoms with E-state index in [4.69, 9.17) is 5.84 Å². The van der Waals surface area contributed by atoms with Crippen LogP contribution in [0, 0.1) is 5.92 Å². The van der Waals surface area contributed by atoms with Gasteiger partial charge in [0.1, 0.15) is 0 Å². The molecule has 3 nitrogen and oxygen atoms in total. The summed E-state index contributed by atoms with van der Waals surface area (Å²) in [5, 5.41) is 0. The zero-order valence-electron chi connectivity index (χ0n) is 11.2. The fourth-order valence-corrected chi connectivity index (χ4v) is 3.01. The van der Waals surface area contributed by atoms with Crippen LogP contribution in [-0.2, 0) is 0 Å². The summed E-state index contributed by atoms with van der Waals surface area (Å²) in [4.78, 5) is 2.33. The predicted molar refractivity (Wildman–Crippen MR) is 70.0 cm³/mol. The van der Waals surface area contributed by atoms with Gasteiger partial charge in [-0.2, -0.15) is 0 Å². The maximum atomic E-state index is 5.72. The van der Waals surface area contributed by atoms with Crippen LogP contribution in [0.15, 0.2) is 12.2 Å². The molecule has 0 aliphatic heterocycles. The minimum atomic E-state index is 0.146. The Morgan fingerprint density at radius 1 is 1.44 bits per heavy atom. The van der Waals surface area contributed by atoms with Crippen molar-refractivity contribution in [3.8, 4) is 0 Å². The lowest BCUT2D eigenvalue weighted by atomic mass is 9.70. The molecule has 1 aliphatic carbocycles. The number of likely N-dealkylation sites (N-methyl/N-ethyl adjacent to an activating group) is 1. The lowest BCUT2D eigenvalue weighted by Gasteiger charge is -2.49. The molecule has 0 bridgehead atoms. The molecule has 1 saturated carbocycles. The molecule has 94 valence electrons. The smallest absolute Gasteiger partial charge is 0.0598 e. The highest BCUT2D eigenvalue weighted by Gasteiger charge is 2.42. The van der Waals surface area contributed by atoms with Crippen LogP contribution < -0.4 is 11.3 Å². The van der Waals surface area contributed by atoms with Crippen LogP contribution in [0.25, 0.3) is 0 Å². The molecule has 1 atom stereocenters. The topological polar surface area (TPSA) is 41.3 Å². The van der Waals surface area contributed by atoms with E-state index in [1.807, 2.05) is 0 Å². The average molecular weight is 225 g/mol. The molecule has 0 saturated heterocycles. The predicted octanol–water partition coefficient (Wildman–Crippen LogP) is 1.90. The van der Waals surface area contributed by atoms with Crippen molar-refractivity contribution in [3.63, 3.8) is 0 Å². The average Bonchev–Trinajstić information content (AvgIpc) is 2.21. The SMILES string of the molecule is C=C(C)C(NN)C1(N(C)C)CCC(C)CC1. The number of rotatable bonds is 4. The summed E-state index contributed by atoms with van der Waals surface area (Å²) >= 11 is 0. The summed E-state index contributed by atoms with van der Waals surface area (Å²) in [5.74, 6) is 6.57. The second-order valence-corrected chi connectivity index (χ2v) is 5.63. The molecule has 0 aromatic rings. The third-order valence-corrected chi connectivity index (χ3v) is 4.23. The normalized spacial score (nSPS) is 32.8. The Labute approximate surface area is 100 Å². The van der Waals surface area contributed by atoms with Gasteiger partial charge in [-0.05, 0) is 52.6 Å². The van der Waals surface area contributed by atoms with Crippen LogP contribution >= 0.6 is 0 Å². The van der Waals surface area contributed by atoms with Crippen LogP contribution in [0.1, 0.15) is 39.5 Å². The van der Waals surface area contributed by atoms with Crippen LogP contribution in [0.2, 0.25) is 0 Å². The third kappa shape index (κ3) is 2.47. The van der Waals surface area contributed by atoms with Crippen molar-refractivity contribution >= 4 is 0 Å². The summed E-state index contributed by atoms with van der Waals surface area (Å²) in [6.07, 6.45) is 4.96. The first-order valence-electron chi connectivity index (χ1n) is 6.23. The molecule has 1 rings (SSSR count). The first-order valence-corrected chi connectivity index (χ1v) is 6.23. The van der Waals surface area contributed by atoms with Crippen LogP contribution in [0.3, 0.4) is 0 Å². The van der Waals surface area contributed by atoms with E-state index in [1.165, 1.54) is 25.7 Å². The first-order chi connectivity index (χ1) is 7.44. The molecule has 0 heterocycles. The van der Waals surface area contributed by atoms with Gasteiger partial charge in [0, 0.05) is 5.54 Å². The van der Waals surface area contributed by atoms with Gasteiger partial charge in [-0.3, -0.25) is 11.3 Å². The molecule has 0 aromatic heterocycles. The molecule has 1 fully saturated rings. The minimum Gasteiger partial charge on any atom is -0.302 e. The fourth-order valence-electron chi connectivity index (χ4n) is 3.01. The third-order valence-electron chi connectivity index (χ3n) is 4.23. The Balaban J connectivity index is 2.92. The molecule has 3 N–H and O–H groups in total. The Hall–Kier alpha value is -0.380. The zero-order chi connectivity index (χ0) is 12.3. The van der Waals surface area contributed by atoms with E-state index >= 15 is 0 Å². The number of hydrogen-bond acceptors (Lipinski definition) is 3. The number of nitrogens with zero attached hydrogens (tertiary/aromatic N) is 1. The van der Waals surface area contributed by atoms with Gasteiger partial charge in [0.05, 0.1) is 6.04 Å². The molecular weight excluding hydrogens is 198 g/mol. The van der Waals surface area contributed by atoms with E-state index in [0.717, 1.165) is 11.5 Å². The largest absolute Gasteiger partial charge is 0.302 e. The molecule has 1 aliphatic rings. The maximum Gasteiger partial charge on any atom is 0.0598 e. The standard InChI is InChI=1S/C13H27N3/c1-10(2)12(15-14)13(16(4)5)8-6-11(3)7-9-13/h11-12,15H,1,6-9,14H2,2-5H3. The van der Waals surface area contributed by atoms with Crippen molar-refractivity contribution in [1.82, 2.24) is 10.3 Å². The Morgan fingerprint density at radius 3 is 2.25 bits per heavy atom. The molecule has 0 aromatic carbocycles. The quantitative estimate of drug-likeness (QED) is 0.436. The van der Waals surface area contributed by atoms with Gasteiger partial charge in [-0.25, -0.2) is 0 Å². The lowest BCUT2D eigenvalue weighted by Crippen LogP contribution is -2.62. The highest BCUT2D eigenvalue weighted by Crippen LogP contribution is 2.39. The minimum absolute atomic E-state index is 0.146. The summed E-state index contributed by atoms with van der Waals surface area (Å²) in [7, 11) is 4.31. The van der Waals surface area contributed by atoms with Crippen molar-refractivity contribution in [3.05, 3.63) is 12.2 Å². The van der Waals surface area contributed by atoms with Crippen LogP contribution in [-0.4, -0.2) is 30.6 Å². The molecule has 16 heavy (non-hydrogen) atoms. The fraction of sp³-hybridized carbons (Fsp3) is 0.846. The van der Waals surface area contributed by atoms with Gasteiger partial charge in [-0.1, -0.05) is 19.1 Å². The van der Waals surface area contributed by atoms with E-state index in [1.54, 1.807) is 0 Å². The van der Waals surface area contributed by atoms with Crippen molar-refractivity contribution in [1.29, 1.82) is 0 Å². The number of hydrogen-bond donors (Lipinski definition) is 2. The van der Waals surface area contributed by atoms with E-state index in [2.05, 4.69) is 44.8 Å². The highest BCUT2D eigenvalue weighted by molar-refractivity contribution is 5.15. The van der Waals surface area contributed by atoms with Gasteiger partial charge >= 0.3 is 0 Å². The molecule has 0 amide bonds. The van der Waals surface area contributed by atoms with Gasteiger partial charge in [-0.15, -0.1) is 0 Å². The van der Waals surface area contributed by atoms with Crippen molar-refractivity contribution in [2.75, 3.05) is 14.1 Å². The van der Waals surface area contributed by atoms with Crippen molar-refractivity contribution in [2.45, 2.75) is 51.1 Å². The van der Waals surface area contributed by atoms with Gasteiger partial charge in [0.2, 0.25) is 0 Å². The van der Waals surface area contributed by atoms with Crippen LogP contribution in [0.5, 0.6) is 0 Å². The molecular formula is C13H27N3. The van der Waals surface area contributed by atoms with E-state index in [0.29, 0.717) is 0 Å². The van der Waals surface area contributed by atoms with E-state index in [-0.39, 0.29) is 11.6 Å². The first kappa shape index (κ1) is 13.7. The second-order valence-electron chi connectivity index (χ2n) is 5.63. The Kier molecular flexibility index (Phi) is 4.53. The molecule has 0 spiro atoms. The Bertz CT molecular complexity index is 240. The Morgan fingerprint density at radius 2 is 1.94 bits per heavy atom. The van der Waals surface area contributed by atoms with Crippen molar-refractivity contribution in [2.24, 2.45) is 11.8 Å².